The monoisotopic (exact) mass is 293 g/mol. The SMILES string of the molecule is CCc1ccccc1NC(=O)CCn1cnc2ccccc21. The van der Waals surface area contributed by atoms with Crippen molar-refractivity contribution in [3.05, 3.63) is 60.4 Å². The van der Waals surface area contributed by atoms with Crippen molar-refractivity contribution in [2.45, 2.75) is 26.3 Å². The predicted molar refractivity (Wildman–Crippen MR) is 88.8 cm³/mol. The van der Waals surface area contributed by atoms with Crippen LogP contribution in [-0.2, 0) is 17.8 Å². The molecule has 3 aromatic rings. The number of carbonyl (C=O) groups is 1. The normalized spacial score (nSPS) is 10.8. The Morgan fingerprint density at radius 2 is 1.91 bits per heavy atom. The van der Waals surface area contributed by atoms with Gasteiger partial charge in [0.05, 0.1) is 17.4 Å². The van der Waals surface area contributed by atoms with E-state index in [1.165, 1.54) is 0 Å². The van der Waals surface area contributed by atoms with E-state index < -0.39 is 0 Å². The maximum absolute atomic E-state index is 12.2. The quantitative estimate of drug-likeness (QED) is 0.781. The third-order valence-corrected chi connectivity index (χ3v) is 3.78. The fraction of sp³-hybridized carbons (Fsp3) is 0.222. The second-order valence-corrected chi connectivity index (χ2v) is 5.24. The molecule has 0 bridgehead atoms. The molecule has 0 unspecified atom stereocenters. The van der Waals surface area contributed by atoms with E-state index >= 15 is 0 Å². The van der Waals surface area contributed by atoms with Crippen molar-refractivity contribution in [3.63, 3.8) is 0 Å². The topological polar surface area (TPSA) is 46.9 Å². The molecule has 0 atom stereocenters. The largest absolute Gasteiger partial charge is 0.330 e. The molecule has 4 heteroatoms. The lowest BCUT2D eigenvalue weighted by molar-refractivity contribution is -0.116. The van der Waals surface area contributed by atoms with Crippen LogP contribution in [0.4, 0.5) is 5.69 Å². The Kier molecular flexibility index (Phi) is 4.19. The number of nitrogens with one attached hydrogen (secondary N) is 1. The Hall–Kier alpha value is -2.62. The zero-order chi connectivity index (χ0) is 15.4. The van der Waals surface area contributed by atoms with Crippen LogP contribution >= 0.6 is 0 Å². The number of aryl methyl sites for hydroxylation is 2. The summed E-state index contributed by atoms with van der Waals surface area (Å²) in [6, 6.07) is 15.9. The molecule has 3 rings (SSSR count). The average Bonchev–Trinajstić information content (AvgIpc) is 2.97. The number of benzene rings is 2. The zero-order valence-electron chi connectivity index (χ0n) is 12.6. The van der Waals surface area contributed by atoms with Crippen molar-refractivity contribution in [2.75, 3.05) is 5.32 Å². The van der Waals surface area contributed by atoms with Gasteiger partial charge in [0.25, 0.3) is 0 Å². The maximum Gasteiger partial charge on any atom is 0.226 e. The average molecular weight is 293 g/mol. The van der Waals surface area contributed by atoms with Crippen molar-refractivity contribution in [1.82, 2.24) is 9.55 Å². The fourth-order valence-corrected chi connectivity index (χ4v) is 2.57. The standard InChI is InChI=1S/C18H19N3O/c1-2-14-7-3-4-8-15(14)20-18(22)11-12-21-13-19-16-9-5-6-10-17(16)21/h3-10,13H,2,11-12H2,1H3,(H,20,22). The minimum absolute atomic E-state index is 0.0266. The number of hydrogen-bond donors (Lipinski definition) is 1. The molecule has 112 valence electrons. The zero-order valence-corrected chi connectivity index (χ0v) is 12.6. The summed E-state index contributed by atoms with van der Waals surface area (Å²) in [5.41, 5.74) is 4.08. The van der Waals surface area contributed by atoms with E-state index in [-0.39, 0.29) is 5.91 Å². The van der Waals surface area contributed by atoms with Crippen LogP contribution in [0.3, 0.4) is 0 Å². The number of fused-ring (bicyclic) bond motifs is 1. The summed E-state index contributed by atoms with van der Waals surface area (Å²) in [6.45, 7) is 2.71. The van der Waals surface area contributed by atoms with Crippen molar-refractivity contribution >= 4 is 22.6 Å². The van der Waals surface area contributed by atoms with Gasteiger partial charge in [-0.25, -0.2) is 4.98 Å². The van der Waals surface area contributed by atoms with Gasteiger partial charge in [-0.15, -0.1) is 0 Å². The number of nitrogens with zero attached hydrogens (tertiary/aromatic N) is 2. The van der Waals surface area contributed by atoms with E-state index in [1.54, 1.807) is 6.33 Å². The van der Waals surface area contributed by atoms with Crippen LogP contribution < -0.4 is 5.32 Å². The van der Waals surface area contributed by atoms with Gasteiger partial charge in [0, 0.05) is 18.7 Å². The van der Waals surface area contributed by atoms with Gasteiger partial charge in [-0.05, 0) is 30.2 Å². The molecule has 0 aliphatic carbocycles. The van der Waals surface area contributed by atoms with E-state index in [9.17, 15) is 4.79 Å². The van der Waals surface area contributed by atoms with Crippen LogP contribution in [0.1, 0.15) is 18.9 Å². The first-order chi connectivity index (χ1) is 10.8. The van der Waals surface area contributed by atoms with Crippen LogP contribution in [0.2, 0.25) is 0 Å². The highest BCUT2D eigenvalue weighted by molar-refractivity contribution is 5.91. The molecule has 1 heterocycles. The third-order valence-electron chi connectivity index (χ3n) is 3.78. The summed E-state index contributed by atoms with van der Waals surface area (Å²) in [5.74, 6) is 0.0266. The number of anilines is 1. The lowest BCUT2D eigenvalue weighted by Gasteiger charge is -2.10. The van der Waals surface area contributed by atoms with Crippen LogP contribution in [0.5, 0.6) is 0 Å². The number of rotatable bonds is 5. The van der Waals surface area contributed by atoms with Gasteiger partial charge in [-0.3, -0.25) is 4.79 Å². The fourth-order valence-electron chi connectivity index (χ4n) is 2.57. The highest BCUT2D eigenvalue weighted by Crippen LogP contribution is 2.16. The van der Waals surface area contributed by atoms with Gasteiger partial charge in [-0.2, -0.15) is 0 Å². The summed E-state index contributed by atoms with van der Waals surface area (Å²) < 4.78 is 2.01. The van der Waals surface area contributed by atoms with Crippen LogP contribution in [0, 0.1) is 0 Å². The molecule has 0 aliphatic heterocycles. The molecule has 0 radical (unpaired) electrons. The molecular weight excluding hydrogens is 274 g/mol. The van der Waals surface area contributed by atoms with Crippen molar-refractivity contribution in [3.8, 4) is 0 Å². The number of para-hydroxylation sites is 3. The minimum atomic E-state index is 0.0266. The molecule has 1 aromatic heterocycles. The molecule has 0 spiro atoms. The van der Waals surface area contributed by atoms with Gasteiger partial charge in [0.15, 0.2) is 0 Å². The summed E-state index contributed by atoms with van der Waals surface area (Å²) in [6.07, 6.45) is 3.12. The van der Waals surface area contributed by atoms with Crippen LogP contribution in [0.25, 0.3) is 11.0 Å². The van der Waals surface area contributed by atoms with E-state index in [0.717, 1.165) is 28.7 Å². The lowest BCUT2D eigenvalue weighted by Crippen LogP contribution is -2.15. The second-order valence-electron chi connectivity index (χ2n) is 5.24. The Morgan fingerprint density at radius 3 is 2.77 bits per heavy atom. The predicted octanol–water partition coefficient (Wildman–Crippen LogP) is 3.63. The number of amides is 1. The molecule has 0 aliphatic rings. The number of aromatic nitrogens is 2. The number of hydrogen-bond acceptors (Lipinski definition) is 2. The first-order valence-corrected chi connectivity index (χ1v) is 7.55. The van der Waals surface area contributed by atoms with E-state index in [4.69, 9.17) is 0 Å². The third kappa shape index (κ3) is 3.01. The Bertz CT molecular complexity index is 792. The molecular formula is C18H19N3O. The Balaban J connectivity index is 1.65. The van der Waals surface area contributed by atoms with E-state index in [2.05, 4.69) is 17.2 Å². The van der Waals surface area contributed by atoms with Crippen molar-refractivity contribution in [2.24, 2.45) is 0 Å². The highest BCUT2D eigenvalue weighted by atomic mass is 16.1. The van der Waals surface area contributed by atoms with Crippen molar-refractivity contribution in [1.29, 1.82) is 0 Å². The molecule has 0 fully saturated rings. The molecule has 1 N–H and O–H groups in total. The second kappa shape index (κ2) is 6.43. The molecule has 22 heavy (non-hydrogen) atoms. The lowest BCUT2D eigenvalue weighted by atomic mass is 10.1. The maximum atomic E-state index is 12.2. The number of carbonyl (C=O) groups excluding carboxylic acids is 1. The summed E-state index contributed by atoms with van der Waals surface area (Å²) in [5, 5.41) is 3.00. The van der Waals surface area contributed by atoms with Gasteiger partial charge in [0.2, 0.25) is 5.91 Å². The highest BCUT2D eigenvalue weighted by Gasteiger charge is 2.07. The van der Waals surface area contributed by atoms with E-state index in [1.807, 2.05) is 53.1 Å². The van der Waals surface area contributed by atoms with Gasteiger partial charge in [-0.1, -0.05) is 37.3 Å². The molecule has 4 nitrogen and oxygen atoms in total. The van der Waals surface area contributed by atoms with Crippen LogP contribution in [-0.4, -0.2) is 15.5 Å². The van der Waals surface area contributed by atoms with Gasteiger partial charge < -0.3 is 9.88 Å². The summed E-state index contributed by atoms with van der Waals surface area (Å²) >= 11 is 0. The molecule has 0 saturated heterocycles. The molecule has 2 aromatic carbocycles. The molecule has 1 amide bonds. The Labute approximate surface area is 129 Å². The first kappa shape index (κ1) is 14.3. The van der Waals surface area contributed by atoms with Gasteiger partial charge in [0.1, 0.15) is 0 Å². The minimum Gasteiger partial charge on any atom is -0.330 e. The smallest absolute Gasteiger partial charge is 0.226 e. The van der Waals surface area contributed by atoms with E-state index in [0.29, 0.717) is 13.0 Å². The first-order valence-electron chi connectivity index (χ1n) is 7.55. The van der Waals surface area contributed by atoms with Crippen LogP contribution in [0.15, 0.2) is 54.9 Å². The Morgan fingerprint density at radius 1 is 1.14 bits per heavy atom. The van der Waals surface area contributed by atoms with Gasteiger partial charge >= 0.3 is 0 Å². The number of imidazole rings is 1. The summed E-state index contributed by atoms with van der Waals surface area (Å²) in [7, 11) is 0. The van der Waals surface area contributed by atoms with Crippen molar-refractivity contribution < 1.29 is 4.79 Å². The molecule has 0 saturated carbocycles. The summed E-state index contributed by atoms with van der Waals surface area (Å²) in [4.78, 5) is 16.5.